The normalized spacial score (nSPS) is 17.3. The van der Waals surface area contributed by atoms with E-state index in [4.69, 9.17) is 0 Å². The van der Waals surface area contributed by atoms with E-state index in [1.807, 2.05) is 0 Å². The summed E-state index contributed by atoms with van der Waals surface area (Å²) in [5.74, 6) is -0.926. The van der Waals surface area contributed by atoms with Crippen LogP contribution in [0, 0.1) is 11.6 Å². The first-order chi connectivity index (χ1) is 16.0. The molecule has 0 bridgehead atoms. The van der Waals surface area contributed by atoms with E-state index in [1.165, 1.54) is 28.8 Å². The van der Waals surface area contributed by atoms with Gasteiger partial charge in [0.05, 0.1) is 12.1 Å². The molecule has 174 valence electrons. The topological polar surface area (TPSA) is 70.1 Å². The fourth-order valence-electron chi connectivity index (χ4n) is 4.49. The molecule has 3 N–H and O–H groups in total. The number of rotatable bonds is 9. The second kappa shape index (κ2) is 10.8. The van der Waals surface area contributed by atoms with Crippen LogP contribution in [0.4, 0.5) is 14.7 Å². The lowest BCUT2D eigenvalue weighted by molar-refractivity contribution is 0.143. The summed E-state index contributed by atoms with van der Waals surface area (Å²) in [6.45, 7) is 2.47. The lowest BCUT2D eigenvalue weighted by Gasteiger charge is -2.30. The van der Waals surface area contributed by atoms with Crippen LogP contribution in [0.1, 0.15) is 48.1 Å². The molecular weight excluding hydrogens is 422 g/mol. The molecule has 33 heavy (non-hydrogen) atoms. The van der Waals surface area contributed by atoms with Gasteiger partial charge in [-0.1, -0.05) is 25.1 Å². The van der Waals surface area contributed by atoms with Crippen LogP contribution in [0.15, 0.2) is 54.9 Å². The highest BCUT2D eigenvalue weighted by Gasteiger charge is 2.25. The molecule has 0 radical (unpaired) electrons. The van der Waals surface area contributed by atoms with Gasteiger partial charge in [0.2, 0.25) is 5.95 Å². The summed E-state index contributed by atoms with van der Waals surface area (Å²) in [7, 11) is 0. The van der Waals surface area contributed by atoms with Crippen molar-refractivity contribution in [1.29, 1.82) is 0 Å². The number of hydrogen-bond donors (Lipinski definition) is 3. The highest BCUT2D eigenvalue weighted by Crippen LogP contribution is 2.30. The first-order valence-corrected chi connectivity index (χ1v) is 11.5. The van der Waals surface area contributed by atoms with E-state index < -0.39 is 23.8 Å². The zero-order valence-electron chi connectivity index (χ0n) is 18.8. The number of nitrogens with one attached hydrogen (secondary N) is 2. The monoisotopic (exact) mass is 452 g/mol. The zero-order valence-corrected chi connectivity index (χ0v) is 18.8. The smallest absolute Gasteiger partial charge is 0.222 e. The summed E-state index contributed by atoms with van der Waals surface area (Å²) in [4.78, 5) is 8.35. The number of anilines is 1. The molecule has 1 aromatic heterocycles. The van der Waals surface area contributed by atoms with E-state index in [9.17, 15) is 13.9 Å². The number of aromatic nitrogens is 2. The Hall–Kier alpha value is -2.90. The maximum atomic E-state index is 13.7. The number of halogens is 2. The van der Waals surface area contributed by atoms with Crippen molar-refractivity contribution >= 4 is 5.95 Å². The maximum Gasteiger partial charge on any atom is 0.222 e. The Kier molecular flexibility index (Phi) is 7.62. The van der Waals surface area contributed by atoms with Gasteiger partial charge in [-0.05, 0) is 72.6 Å². The third-order valence-corrected chi connectivity index (χ3v) is 6.23. The van der Waals surface area contributed by atoms with E-state index in [2.05, 4.69) is 45.7 Å². The van der Waals surface area contributed by atoms with E-state index in [0.717, 1.165) is 31.7 Å². The average molecular weight is 453 g/mol. The summed E-state index contributed by atoms with van der Waals surface area (Å²) in [5, 5.41) is 17.7. The fourth-order valence-corrected chi connectivity index (χ4v) is 4.49. The molecule has 0 saturated heterocycles. The number of aliphatic hydroxyl groups excluding tert-OH is 1. The third kappa shape index (κ3) is 6.12. The first-order valence-electron chi connectivity index (χ1n) is 11.5. The molecule has 1 aliphatic carbocycles. The van der Waals surface area contributed by atoms with Gasteiger partial charge in [0, 0.05) is 31.0 Å². The van der Waals surface area contributed by atoms with Gasteiger partial charge in [0.1, 0.15) is 11.6 Å². The van der Waals surface area contributed by atoms with Crippen LogP contribution in [0.5, 0.6) is 0 Å². The molecule has 0 saturated carbocycles. The van der Waals surface area contributed by atoms with Crippen LogP contribution in [-0.4, -0.2) is 33.8 Å². The molecule has 0 spiro atoms. The number of benzene rings is 2. The van der Waals surface area contributed by atoms with Crippen LogP contribution in [0.3, 0.4) is 0 Å². The minimum absolute atomic E-state index is 0.162. The number of hydrogen-bond acceptors (Lipinski definition) is 5. The van der Waals surface area contributed by atoms with Crippen molar-refractivity contribution in [3.05, 3.63) is 88.7 Å². The van der Waals surface area contributed by atoms with Crippen molar-refractivity contribution in [3.63, 3.8) is 0 Å². The van der Waals surface area contributed by atoms with Crippen molar-refractivity contribution < 1.29 is 13.9 Å². The van der Waals surface area contributed by atoms with Crippen LogP contribution >= 0.6 is 0 Å². The Morgan fingerprint density at radius 3 is 2.55 bits per heavy atom. The van der Waals surface area contributed by atoms with Gasteiger partial charge in [-0.15, -0.1) is 0 Å². The molecule has 5 nitrogen and oxygen atoms in total. The van der Waals surface area contributed by atoms with Gasteiger partial charge in [-0.2, -0.15) is 0 Å². The van der Waals surface area contributed by atoms with E-state index in [-0.39, 0.29) is 12.5 Å². The second-order valence-electron chi connectivity index (χ2n) is 8.61. The molecule has 0 unspecified atom stereocenters. The lowest BCUT2D eigenvalue weighted by atomic mass is 9.86. The highest BCUT2D eigenvalue weighted by molar-refractivity contribution is 5.36. The summed E-state index contributed by atoms with van der Waals surface area (Å²) < 4.78 is 27.5. The fraction of sp³-hybridized carbons (Fsp3) is 0.385. The zero-order chi connectivity index (χ0) is 23.2. The van der Waals surface area contributed by atoms with Crippen molar-refractivity contribution in [2.75, 3.05) is 11.9 Å². The van der Waals surface area contributed by atoms with Gasteiger partial charge in [0.25, 0.3) is 0 Å². The number of aliphatic hydroxyl groups is 1. The summed E-state index contributed by atoms with van der Waals surface area (Å²) in [5.41, 5.74) is 4.41. The SMILES string of the molecule is CCc1ccc2c(c1)[C@@H](NC[C@@H](O)[C@H](Cc1cc(F)cc(F)c1)Nc1ncccn1)CCC2. The Labute approximate surface area is 193 Å². The summed E-state index contributed by atoms with van der Waals surface area (Å²) in [6, 6.07) is 11.4. The molecule has 0 fully saturated rings. The Morgan fingerprint density at radius 1 is 1.06 bits per heavy atom. The lowest BCUT2D eigenvalue weighted by Crippen LogP contribution is -2.44. The van der Waals surface area contributed by atoms with Gasteiger partial charge in [-0.3, -0.25) is 0 Å². The molecule has 3 aromatic rings. The van der Waals surface area contributed by atoms with Gasteiger partial charge in [0.15, 0.2) is 0 Å². The number of nitrogens with zero attached hydrogens (tertiary/aromatic N) is 2. The maximum absolute atomic E-state index is 13.7. The average Bonchev–Trinajstić information content (AvgIpc) is 2.81. The third-order valence-electron chi connectivity index (χ3n) is 6.23. The molecule has 3 atom stereocenters. The van der Waals surface area contributed by atoms with Gasteiger partial charge < -0.3 is 15.7 Å². The summed E-state index contributed by atoms with van der Waals surface area (Å²) in [6.07, 6.45) is 6.73. The van der Waals surface area contributed by atoms with Crippen LogP contribution in [-0.2, 0) is 19.3 Å². The van der Waals surface area contributed by atoms with E-state index in [1.54, 1.807) is 18.5 Å². The minimum Gasteiger partial charge on any atom is -0.390 e. The Balaban J connectivity index is 1.49. The molecule has 2 aromatic carbocycles. The van der Waals surface area contributed by atoms with Crippen LogP contribution in [0.25, 0.3) is 0 Å². The highest BCUT2D eigenvalue weighted by atomic mass is 19.1. The standard InChI is InChI=1S/C26H30F2N4O/c1-2-17-7-8-19-5-3-6-23(22(19)13-17)31-16-25(33)24(32-26-29-9-4-10-30-26)14-18-11-20(27)15-21(28)12-18/h4,7-13,15,23-25,31,33H,2-3,5-6,14,16H2,1H3,(H,29,30,32)/t23-,24-,25+/m0/s1. The summed E-state index contributed by atoms with van der Waals surface area (Å²) >= 11 is 0. The number of fused-ring (bicyclic) bond motifs is 1. The quantitative estimate of drug-likeness (QED) is 0.450. The van der Waals surface area contributed by atoms with E-state index in [0.29, 0.717) is 18.1 Å². The predicted molar refractivity (Wildman–Crippen MR) is 125 cm³/mol. The van der Waals surface area contributed by atoms with Crippen molar-refractivity contribution in [2.45, 2.75) is 57.2 Å². The van der Waals surface area contributed by atoms with Crippen LogP contribution in [0.2, 0.25) is 0 Å². The van der Waals surface area contributed by atoms with Crippen molar-refractivity contribution in [2.24, 2.45) is 0 Å². The molecule has 7 heteroatoms. The molecule has 1 aliphatic rings. The predicted octanol–water partition coefficient (Wildman–Crippen LogP) is 4.37. The molecule has 1 heterocycles. The van der Waals surface area contributed by atoms with Crippen molar-refractivity contribution in [3.8, 4) is 0 Å². The first kappa shape index (κ1) is 23.3. The van der Waals surface area contributed by atoms with E-state index >= 15 is 0 Å². The van der Waals surface area contributed by atoms with Crippen LogP contribution < -0.4 is 10.6 Å². The molecule has 4 rings (SSSR count). The molecule has 0 aliphatic heterocycles. The van der Waals surface area contributed by atoms with Gasteiger partial charge >= 0.3 is 0 Å². The largest absolute Gasteiger partial charge is 0.390 e. The molecule has 0 amide bonds. The molecular formula is C26H30F2N4O. The minimum atomic E-state index is -0.833. The van der Waals surface area contributed by atoms with Gasteiger partial charge in [-0.25, -0.2) is 18.7 Å². The number of aryl methyl sites for hydroxylation is 2. The van der Waals surface area contributed by atoms with Crippen molar-refractivity contribution in [1.82, 2.24) is 15.3 Å². The Morgan fingerprint density at radius 2 is 1.82 bits per heavy atom. The Bertz CT molecular complexity index is 1040. The second-order valence-corrected chi connectivity index (χ2v) is 8.61.